The number of nitrogens with one attached hydrogen (secondary N) is 1. The number of allylic oxidation sites excluding steroid dienone is 2. The number of hydrogen-bond acceptors (Lipinski definition) is 3. The largest absolute Gasteiger partial charge is 0.416 e. The molecule has 0 radical (unpaired) electrons. The van der Waals surface area contributed by atoms with Gasteiger partial charge in [-0.3, -0.25) is 14.5 Å². The van der Waals surface area contributed by atoms with E-state index in [-0.39, 0.29) is 28.8 Å². The van der Waals surface area contributed by atoms with Gasteiger partial charge in [0.05, 0.1) is 11.0 Å². The molecule has 8 rings (SSSR count). The van der Waals surface area contributed by atoms with E-state index in [1.807, 2.05) is 0 Å². The molecule has 6 aliphatic rings. The number of amides is 1. The zero-order chi connectivity index (χ0) is 37.2. The lowest BCUT2D eigenvalue weighted by molar-refractivity contribution is -0.137. The lowest BCUT2D eigenvalue weighted by atomic mass is 9.67. The molecule has 1 heterocycles. The van der Waals surface area contributed by atoms with Gasteiger partial charge in [-0.2, -0.15) is 13.2 Å². The Morgan fingerprint density at radius 2 is 1.67 bits per heavy atom. The van der Waals surface area contributed by atoms with E-state index < -0.39 is 23.0 Å². The van der Waals surface area contributed by atoms with E-state index >= 15 is 0 Å². The molecular formula is C44H54F4N2O2. The Hall–Kier alpha value is -3.26. The predicted molar refractivity (Wildman–Crippen MR) is 196 cm³/mol. The zero-order valence-electron chi connectivity index (χ0n) is 31.1. The van der Waals surface area contributed by atoms with E-state index in [0.717, 1.165) is 82.5 Å². The number of fused-ring (bicyclic) bond motifs is 2. The lowest BCUT2D eigenvalue weighted by Crippen LogP contribution is -2.51. The summed E-state index contributed by atoms with van der Waals surface area (Å²) in [6.07, 6.45) is 8.95. The summed E-state index contributed by atoms with van der Waals surface area (Å²) in [5.41, 5.74) is 2.70. The number of ketones is 1. The monoisotopic (exact) mass is 718 g/mol. The summed E-state index contributed by atoms with van der Waals surface area (Å²) in [6, 6.07) is 11.5. The molecule has 280 valence electrons. The maximum atomic E-state index is 13.9. The van der Waals surface area contributed by atoms with Gasteiger partial charge in [-0.05, 0) is 136 Å². The van der Waals surface area contributed by atoms with Gasteiger partial charge in [-0.1, -0.05) is 69.3 Å². The first-order chi connectivity index (χ1) is 24.6. The van der Waals surface area contributed by atoms with Crippen LogP contribution in [-0.4, -0.2) is 35.7 Å². The molecule has 52 heavy (non-hydrogen) atoms. The Morgan fingerprint density at radius 1 is 0.981 bits per heavy atom. The summed E-state index contributed by atoms with van der Waals surface area (Å²) < 4.78 is 53.4. The molecule has 4 nitrogen and oxygen atoms in total. The van der Waals surface area contributed by atoms with Crippen LogP contribution in [0.1, 0.15) is 108 Å². The fourth-order valence-corrected chi connectivity index (χ4v) is 11.0. The molecule has 7 unspecified atom stereocenters. The predicted octanol–water partition coefficient (Wildman–Crippen LogP) is 9.92. The van der Waals surface area contributed by atoms with Crippen LogP contribution < -0.4 is 5.32 Å². The first kappa shape index (κ1) is 37.1. The number of halogens is 4. The van der Waals surface area contributed by atoms with Crippen LogP contribution in [-0.2, 0) is 27.7 Å². The van der Waals surface area contributed by atoms with Gasteiger partial charge in [0.15, 0.2) is 0 Å². The van der Waals surface area contributed by atoms with Crippen LogP contribution in [0.5, 0.6) is 0 Å². The second-order valence-corrected chi connectivity index (χ2v) is 17.5. The first-order valence-corrected chi connectivity index (χ1v) is 19.4. The van der Waals surface area contributed by atoms with Gasteiger partial charge in [-0.25, -0.2) is 4.39 Å². The maximum Gasteiger partial charge on any atom is 0.416 e. The Morgan fingerprint density at radius 3 is 2.29 bits per heavy atom. The molecular weight excluding hydrogens is 664 g/mol. The van der Waals surface area contributed by atoms with Gasteiger partial charge in [0, 0.05) is 30.0 Å². The minimum atomic E-state index is -4.63. The molecule has 1 aliphatic heterocycles. The molecule has 0 bridgehead atoms. The van der Waals surface area contributed by atoms with Crippen LogP contribution in [0.2, 0.25) is 0 Å². The number of benzene rings is 2. The average Bonchev–Trinajstić information content (AvgIpc) is 3.82. The van der Waals surface area contributed by atoms with Crippen LogP contribution in [0.3, 0.4) is 0 Å². The van der Waals surface area contributed by atoms with Crippen LogP contribution in [0.25, 0.3) is 6.08 Å². The van der Waals surface area contributed by atoms with Crippen molar-refractivity contribution >= 4 is 17.8 Å². The number of rotatable bonds is 7. The topological polar surface area (TPSA) is 49.4 Å². The van der Waals surface area contributed by atoms with Gasteiger partial charge in [0.1, 0.15) is 11.6 Å². The van der Waals surface area contributed by atoms with Crippen molar-refractivity contribution < 1.29 is 27.2 Å². The number of Topliss-reactive ketones (excluding diaryl/α,β-unsaturated/α-hetero) is 1. The number of nitrogens with zero attached hydrogens (tertiary/aromatic N) is 1. The van der Waals surface area contributed by atoms with E-state index in [1.165, 1.54) is 23.1 Å². The molecule has 0 aromatic heterocycles. The summed E-state index contributed by atoms with van der Waals surface area (Å²) in [5, 5.41) is 2.91. The van der Waals surface area contributed by atoms with Crippen molar-refractivity contribution in [2.24, 2.45) is 40.4 Å². The van der Waals surface area contributed by atoms with Gasteiger partial charge in [0.2, 0.25) is 5.91 Å². The molecule has 9 atom stereocenters. The second kappa shape index (κ2) is 13.5. The number of carbonyl (C=O) groups excluding carboxylic acids is 2. The quantitative estimate of drug-likeness (QED) is 0.229. The van der Waals surface area contributed by atoms with Gasteiger partial charge in [0.25, 0.3) is 0 Å². The highest BCUT2D eigenvalue weighted by atomic mass is 19.4. The zero-order valence-corrected chi connectivity index (χ0v) is 31.1. The number of alkyl halides is 3. The Balaban J connectivity index is 0.000000271. The summed E-state index contributed by atoms with van der Waals surface area (Å²) in [7, 11) is 0. The molecule has 5 fully saturated rings. The number of likely N-dealkylation sites (tertiary alicyclic amines) is 1. The number of piperidine rings is 1. The Labute approximate surface area is 306 Å². The van der Waals surface area contributed by atoms with E-state index in [9.17, 15) is 27.2 Å². The van der Waals surface area contributed by atoms with E-state index in [4.69, 9.17) is 0 Å². The Bertz CT molecular complexity index is 1770. The minimum Gasteiger partial charge on any atom is -0.352 e. The van der Waals surface area contributed by atoms with Crippen LogP contribution >= 0.6 is 0 Å². The molecule has 1 saturated heterocycles. The molecule has 2 aromatic rings. The van der Waals surface area contributed by atoms with Crippen LogP contribution in [0.15, 0.2) is 60.7 Å². The molecule has 1 spiro atoms. The molecule has 5 aliphatic carbocycles. The highest BCUT2D eigenvalue weighted by molar-refractivity contribution is 5.84. The normalized spacial score (nSPS) is 36.3. The molecule has 1 amide bonds. The van der Waals surface area contributed by atoms with E-state index in [0.29, 0.717) is 41.6 Å². The van der Waals surface area contributed by atoms with E-state index in [2.05, 4.69) is 74.0 Å². The molecule has 8 heteroatoms. The molecule has 1 N–H and O–H groups in total. The van der Waals surface area contributed by atoms with Gasteiger partial charge in [-0.15, -0.1) is 0 Å². The van der Waals surface area contributed by atoms with Crippen molar-refractivity contribution in [2.75, 3.05) is 13.1 Å². The Kier molecular flexibility index (Phi) is 9.66. The number of carbonyl (C=O) groups is 2. The fraction of sp³-hybridized carbons (Fsp3) is 0.591. The third-order valence-corrected chi connectivity index (χ3v) is 14.3. The van der Waals surface area contributed by atoms with E-state index in [1.54, 1.807) is 6.92 Å². The maximum absolute atomic E-state index is 13.9. The lowest BCUT2D eigenvalue weighted by Gasteiger charge is -2.46. The summed E-state index contributed by atoms with van der Waals surface area (Å²) >= 11 is 0. The average molecular weight is 719 g/mol. The first-order valence-electron chi connectivity index (χ1n) is 19.4. The highest BCUT2D eigenvalue weighted by Gasteiger charge is 2.59. The van der Waals surface area contributed by atoms with Crippen molar-refractivity contribution in [2.45, 2.75) is 110 Å². The third kappa shape index (κ3) is 6.71. The van der Waals surface area contributed by atoms with Crippen LogP contribution in [0.4, 0.5) is 17.6 Å². The van der Waals surface area contributed by atoms with Crippen molar-refractivity contribution in [1.29, 1.82) is 0 Å². The number of hydrogen-bond donors (Lipinski definition) is 1. The standard InChI is InChI=1S/C32H36F4N2O.C12H18O/c1-20-13-28(20)31(29(39)37-18-22-14-24(32(34,35)36)16-25(33)15-22)10-8-26(17-31)38-12-11-30(21(2)19-38)9-7-23-5-3-4-6-27(23)30;1-8-4-5-12(7-8,10(3)13)11-6-9(11)2/h3-7,9,14-16,20-21,26,28H,8,10-13,17-19H2,1-2H3,(H,37,39);9,11H,1,4-7H2,2-3H3/t20?,21-,26?,28?,30-,31?;/m0./s1. The van der Waals surface area contributed by atoms with Crippen molar-refractivity contribution in [3.8, 4) is 0 Å². The second-order valence-electron chi connectivity index (χ2n) is 17.5. The van der Waals surface area contributed by atoms with Crippen molar-refractivity contribution in [3.05, 3.63) is 88.8 Å². The molecule has 4 saturated carbocycles. The summed E-state index contributed by atoms with van der Waals surface area (Å²) in [6.45, 7) is 14.4. The van der Waals surface area contributed by atoms with Crippen molar-refractivity contribution in [1.82, 2.24) is 10.2 Å². The van der Waals surface area contributed by atoms with Gasteiger partial charge >= 0.3 is 6.18 Å². The summed E-state index contributed by atoms with van der Waals surface area (Å²) in [5.74, 6) is 2.01. The highest BCUT2D eigenvalue weighted by Crippen LogP contribution is 2.61. The van der Waals surface area contributed by atoms with Gasteiger partial charge < -0.3 is 5.32 Å². The fourth-order valence-electron chi connectivity index (χ4n) is 11.0. The summed E-state index contributed by atoms with van der Waals surface area (Å²) in [4.78, 5) is 28.0. The smallest absolute Gasteiger partial charge is 0.352 e. The minimum absolute atomic E-state index is 0.0104. The van der Waals surface area contributed by atoms with Crippen LogP contribution in [0, 0.1) is 46.2 Å². The SMILES string of the molecule is C=C1CCC(C(C)=O)(C2CC2C)C1.CC1CC1C1(C(=O)NCc2cc(F)cc(C(F)(F)F)c2)CCC(N2CC[C@@]3(C=Cc4ccccc43)[C@@H](C)C2)C1. The van der Waals surface area contributed by atoms with Crippen molar-refractivity contribution in [3.63, 3.8) is 0 Å². The molecule has 2 aromatic carbocycles. The third-order valence-electron chi connectivity index (χ3n) is 14.3.